The van der Waals surface area contributed by atoms with E-state index in [4.69, 9.17) is 5.11 Å². The molecule has 0 aromatic heterocycles. The fourth-order valence-electron chi connectivity index (χ4n) is 2.20. The molecule has 21 heavy (non-hydrogen) atoms. The lowest BCUT2D eigenvalue weighted by Crippen LogP contribution is -2.34. The number of hydrogen-bond donors (Lipinski definition) is 1. The van der Waals surface area contributed by atoms with E-state index < -0.39 is 0 Å². The lowest BCUT2D eigenvalue weighted by atomic mass is 9.96. The van der Waals surface area contributed by atoms with Crippen LogP contribution in [0.25, 0.3) is 0 Å². The van der Waals surface area contributed by atoms with Crippen molar-refractivity contribution in [3.05, 3.63) is 34.9 Å². The number of aliphatic hydroxyl groups excluding tert-OH is 1. The standard InChI is InChI=1S/C18H25NO2/c1-14-10-15(8-6-7-9-20)12-16(11-14)17(21)19(5)13-18(2,3)4/h10-12,20H,7,9,13H2,1-5H3. The Hall–Kier alpha value is -1.79. The maximum Gasteiger partial charge on any atom is 0.253 e. The number of hydrogen-bond acceptors (Lipinski definition) is 2. The third-order valence-electron chi connectivity index (χ3n) is 2.85. The van der Waals surface area contributed by atoms with Crippen LogP contribution in [-0.2, 0) is 0 Å². The molecule has 1 amide bonds. The smallest absolute Gasteiger partial charge is 0.253 e. The molecule has 1 aromatic rings. The van der Waals surface area contributed by atoms with Gasteiger partial charge in [0.05, 0.1) is 6.61 Å². The quantitative estimate of drug-likeness (QED) is 0.868. The number of rotatable bonds is 3. The van der Waals surface area contributed by atoms with E-state index in [1.165, 1.54) is 0 Å². The van der Waals surface area contributed by atoms with Crippen molar-refractivity contribution in [2.24, 2.45) is 5.41 Å². The largest absolute Gasteiger partial charge is 0.395 e. The number of aliphatic hydroxyl groups is 1. The summed E-state index contributed by atoms with van der Waals surface area (Å²) in [5.74, 6) is 5.89. The van der Waals surface area contributed by atoms with Crippen LogP contribution in [0.5, 0.6) is 0 Å². The van der Waals surface area contributed by atoms with Gasteiger partial charge in [0.25, 0.3) is 5.91 Å². The third-order valence-corrected chi connectivity index (χ3v) is 2.85. The van der Waals surface area contributed by atoms with E-state index in [0.29, 0.717) is 18.5 Å². The van der Waals surface area contributed by atoms with Crippen molar-refractivity contribution in [3.63, 3.8) is 0 Å². The molecule has 1 N–H and O–H groups in total. The molecule has 114 valence electrons. The number of carbonyl (C=O) groups excluding carboxylic acids is 1. The van der Waals surface area contributed by atoms with Crippen LogP contribution in [0.4, 0.5) is 0 Å². The monoisotopic (exact) mass is 287 g/mol. The van der Waals surface area contributed by atoms with E-state index in [0.717, 1.165) is 11.1 Å². The van der Waals surface area contributed by atoms with Gasteiger partial charge in [0.1, 0.15) is 0 Å². The molecule has 1 aromatic carbocycles. The van der Waals surface area contributed by atoms with Crippen LogP contribution in [0.2, 0.25) is 0 Å². The molecule has 0 spiro atoms. The molecule has 0 radical (unpaired) electrons. The molecule has 0 saturated carbocycles. The summed E-state index contributed by atoms with van der Waals surface area (Å²) >= 11 is 0. The Bertz CT molecular complexity index is 559. The average Bonchev–Trinajstić information content (AvgIpc) is 2.35. The van der Waals surface area contributed by atoms with Gasteiger partial charge in [-0.2, -0.15) is 0 Å². The highest BCUT2D eigenvalue weighted by atomic mass is 16.2. The van der Waals surface area contributed by atoms with Gasteiger partial charge < -0.3 is 10.0 Å². The molecule has 1 rings (SSSR count). The van der Waals surface area contributed by atoms with Crippen LogP contribution in [0.3, 0.4) is 0 Å². The normalized spacial score (nSPS) is 10.8. The summed E-state index contributed by atoms with van der Waals surface area (Å²) in [5.41, 5.74) is 2.56. The van der Waals surface area contributed by atoms with Crippen molar-refractivity contribution >= 4 is 5.91 Å². The average molecular weight is 287 g/mol. The minimum atomic E-state index is 0.0128. The second-order valence-corrected chi connectivity index (χ2v) is 6.58. The van der Waals surface area contributed by atoms with Crippen molar-refractivity contribution in [3.8, 4) is 11.8 Å². The summed E-state index contributed by atoms with van der Waals surface area (Å²) in [6.07, 6.45) is 0.446. The zero-order valence-corrected chi connectivity index (χ0v) is 13.7. The van der Waals surface area contributed by atoms with E-state index in [-0.39, 0.29) is 17.9 Å². The van der Waals surface area contributed by atoms with E-state index in [2.05, 4.69) is 32.6 Å². The Morgan fingerprint density at radius 2 is 1.95 bits per heavy atom. The lowest BCUT2D eigenvalue weighted by molar-refractivity contribution is 0.0745. The molecule has 0 saturated heterocycles. The fourth-order valence-corrected chi connectivity index (χ4v) is 2.20. The topological polar surface area (TPSA) is 40.5 Å². The van der Waals surface area contributed by atoms with Crippen molar-refractivity contribution in [2.75, 3.05) is 20.2 Å². The van der Waals surface area contributed by atoms with E-state index >= 15 is 0 Å². The minimum absolute atomic E-state index is 0.0128. The van der Waals surface area contributed by atoms with Crippen LogP contribution >= 0.6 is 0 Å². The first kappa shape index (κ1) is 17.3. The highest BCUT2D eigenvalue weighted by molar-refractivity contribution is 5.94. The van der Waals surface area contributed by atoms with Gasteiger partial charge in [-0.25, -0.2) is 0 Å². The molecule has 0 bridgehead atoms. The number of carbonyl (C=O) groups is 1. The SMILES string of the molecule is Cc1cc(C#CCCO)cc(C(=O)N(C)CC(C)(C)C)c1. The summed E-state index contributed by atoms with van der Waals surface area (Å²) in [6, 6.07) is 5.66. The van der Waals surface area contributed by atoms with Crippen molar-refractivity contribution < 1.29 is 9.90 Å². The molecule has 0 heterocycles. The van der Waals surface area contributed by atoms with Gasteiger partial charge in [-0.15, -0.1) is 0 Å². The van der Waals surface area contributed by atoms with Crippen LogP contribution in [0, 0.1) is 24.2 Å². The predicted molar refractivity (Wildman–Crippen MR) is 86.2 cm³/mol. The zero-order chi connectivity index (χ0) is 16.0. The molecule has 0 unspecified atom stereocenters. The maximum atomic E-state index is 12.5. The van der Waals surface area contributed by atoms with E-state index in [1.807, 2.05) is 32.2 Å². The Balaban J connectivity index is 2.97. The molecule has 3 nitrogen and oxygen atoms in total. The summed E-state index contributed by atoms with van der Waals surface area (Å²) in [6.45, 7) is 9.04. The Kier molecular flexibility index (Phi) is 5.99. The van der Waals surface area contributed by atoms with Gasteiger partial charge in [-0.3, -0.25) is 4.79 Å². The molecule has 3 heteroatoms. The molecular weight excluding hydrogens is 262 g/mol. The highest BCUT2D eigenvalue weighted by Gasteiger charge is 2.19. The van der Waals surface area contributed by atoms with Gasteiger partial charge in [-0.1, -0.05) is 32.6 Å². The van der Waals surface area contributed by atoms with Crippen molar-refractivity contribution in [1.82, 2.24) is 4.90 Å². The number of benzene rings is 1. The van der Waals surface area contributed by atoms with Gasteiger partial charge in [0, 0.05) is 31.1 Å². The highest BCUT2D eigenvalue weighted by Crippen LogP contribution is 2.17. The number of aryl methyl sites for hydroxylation is 1. The van der Waals surface area contributed by atoms with E-state index in [1.54, 1.807) is 4.90 Å². The Morgan fingerprint density at radius 1 is 1.29 bits per heavy atom. The van der Waals surface area contributed by atoms with Gasteiger partial charge >= 0.3 is 0 Å². The molecule has 0 aliphatic carbocycles. The predicted octanol–water partition coefficient (Wildman–Crippen LogP) is 2.85. The summed E-state index contributed by atoms with van der Waals surface area (Å²) in [7, 11) is 1.83. The van der Waals surface area contributed by atoms with Crippen LogP contribution in [0.15, 0.2) is 18.2 Å². The molecule has 0 fully saturated rings. The van der Waals surface area contributed by atoms with Crippen LogP contribution < -0.4 is 0 Å². The van der Waals surface area contributed by atoms with E-state index in [9.17, 15) is 4.79 Å². The number of amides is 1. The maximum absolute atomic E-state index is 12.5. The molecule has 0 atom stereocenters. The van der Waals surface area contributed by atoms with Crippen LogP contribution in [0.1, 0.15) is 48.7 Å². The number of nitrogens with zero attached hydrogens (tertiary/aromatic N) is 1. The van der Waals surface area contributed by atoms with Crippen molar-refractivity contribution in [2.45, 2.75) is 34.1 Å². The van der Waals surface area contributed by atoms with Gasteiger partial charge in [-0.05, 0) is 36.1 Å². The summed E-state index contributed by atoms with van der Waals surface area (Å²) in [4.78, 5) is 14.2. The lowest BCUT2D eigenvalue weighted by Gasteiger charge is -2.26. The van der Waals surface area contributed by atoms with Gasteiger partial charge in [0.2, 0.25) is 0 Å². The molecule has 0 aliphatic heterocycles. The molecular formula is C18H25NO2. The van der Waals surface area contributed by atoms with Crippen molar-refractivity contribution in [1.29, 1.82) is 0 Å². The second-order valence-electron chi connectivity index (χ2n) is 6.58. The zero-order valence-electron chi connectivity index (χ0n) is 13.7. The van der Waals surface area contributed by atoms with Gasteiger partial charge in [0.15, 0.2) is 0 Å². The minimum Gasteiger partial charge on any atom is -0.395 e. The Morgan fingerprint density at radius 3 is 2.52 bits per heavy atom. The Labute approximate surface area is 128 Å². The fraction of sp³-hybridized carbons (Fsp3) is 0.500. The molecule has 0 aliphatic rings. The van der Waals surface area contributed by atoms with Crippen LogP contribution in [-0.4, -0.2) is 36.1 Å². The first-order valence-corrected chi connectivity index (χ1v) is 7.20. The summed E-state index contributed by atoms with van der Waals surface area (Å²) < 4.78 is 0. The second kappa shape index (κ2) is 7.28. The first-order chi connectivity index (χ1) is 9.73. The summed E-state index contributed by atoms with van der Waals surface area (Å²) in [5, 5.41) is 8.76. The first-order valence-electron chi connectivity index (χ1n) is 7.20. The third kappa shape index (κ3) is 6.01.